The van der Waals surface area contributed by atoms with Crippen molar-refractivity contribution in [3.63, 3.8) is 0 Å². The second-order valence-corrected chi connectivity index (χ2v) is 11.1. The van der Waals surface area contributed by atoms with Crippen LogP contribution in [-0.4, -0.2) is 78.5 Å². The number of hydrogen-bond acceptors (Lipinski definition) is 9. The average Bonchev–Trinajstić information content (AvgIpc) is 2.99. The van der Waals surface area contributed by atoms with Gasteiger partial charge in [-0.05, 0) is 60.9 Å². The molecule has 0 spiro atoms. The number of benzene rings is 2. The van der Waals surface area contributed by atoms with E-state index >= 15 is 0 Å². The molecule has 0 amide bonds. The predicted molar refractivity (Wildman–Crippen MR) is 165 cm³/mol. The summed E-state index contributed by atoms with van der Waals surface area (Å²) >= 11 is 0. The number of carboxylic acid groups (broad SMARTS) is 1. The third kappa shape index (κ3) is 5.69. The smallest absolute Gasteiger partial charge is 0.356 e. The number of piperazine rings is 1. The van der Waals surface area contributed by atoms with Crippen LogP contribution in [0.15, 0.2) is 54.6 Å². The van der Waals surface area contributed by atoms with Crippen molar-refractivity contribution in [2.45, 2.75) is 25.9 Å². The highest BCUT2D eigenvalue weighted by Gasteiger charge is 2.29. The van der Waals surface area contributed by atoms with Gasteiger partial charge in [-0.2, -0.15) is 5.26 Å². The van der Waals surface area contributed by atoms with E-state index in [2.05, 4.69) is 56.5 Å². The van der Waals surface area contributed by atoms with Crippen LogP contribution >= 0.6 is 0 Å². The predicted octanol–water partition coefficient (Wildman–Crippen LogP) is 4.88. The molecule has 4 aromatic rings. The number of carbonyl (C=O) groups is 1. The molecule has 4 heterocycles. The minimum Gasteiger partial charge on any atom is -0.481 e. The topological polar surface area (TPSA) is 124 Å². The molecule has 0 radical (unpaired) electrons. The van der Waals surface area contributed by atoms with E-state index in [0.717, 1.165) is 72.7 Å². The Bertz CT molecular complexity index is 1710. The van der Waals surface area contributed by atoms with Crippen molar-refractivity contribution in [1.29, 1.82) is 5.26 Å². The number of anilines is 2. The molecule has 2 aliphatic rings. The van der Waals surface area contributed by atoms with Gasteiger partial charge in [0.15, 0.2) is 5.69 Å². The lowest BCUT2D eigenvalue weighted by molar-refractivity contribution is -0.0660. The number of ether oxygens (including phenoxy) is 2. The molecule has 6 rings (SSSR count). The molecule has 2 aliphatic heterocycles. The van der Waals surface area contributed by atoms with Gasteiger partial charge >= 0.3 is 5.97 Å². The molecule has 2 aromatic carbocycles. The zero-order valence-corrected chi connectivity index (χ0v) is 24.5. The number of rotatable bonds is 8. The zero-order chi connectivity index (χ0) is 30.1. The fourth-order valence-electron chi connectivity index (χ4n) is 5.89. The van der Waals surface area contributed by atoms with Crippen LogP contribution in [0.1, 0.15) is 40.3 Å². The monoisotopic (exact) mass is 578 g/mol. The number of fused-ring (bicyclic) bond motifs is 1. The molecular weight excluding hydrogens is 544 g/mol. The molecule has 1 atom stereocenters. The lowest BCUT2D eigenvalue weighted by Gasteiger charge is -2.43. The van der Waals surface area contributed by atoms with Crippen LogP contribution in [0.4, 0.5) is 11.4 Å². The highest BCUT2D eigenvalue weighted by molar-refractivity contribution is 5.93. The van der Waals surface area contributed by atoms with Crippen molar-refractivity contribution in [1.82, 2.24) is 14.9 Å². The Morgan fingerprint density at radius 3 is 2.47 bits per heavy atom. The van der Waals surface area contributed by atoms with Crippen LogP contribution in [0.5, 0.6) is 5.88 Å². The zero-order valence-electron chi connectivity index (χ0n) is 24.5. The van der Waals surface area contributed by atoms with Gasteiger partial charge in [0.25, 0.3) is 0 Å². The van der Waals surface area contributed by atoms with Crippen LogP contribution in [0, 0.1) is 18.3 Å². The summed E-state index contributed by atoms with van der Waals surface area (Å²) in [6, 6.07) is 20.3. The fourth-order valence-corrected chi connectivity index (χ4v) is 5.89. The molecule has 10 heteroatoms. The third-order valence-corrected chi connectivity index (χ3v) is 8.33. The van der Waals surface area contributed by atoms with Gasteiger partial charge in [-0.15, -0.1) is 0 Å². The Morgan fingerprint density at radius 2 is 1.84 bits per heavy atom. The maximum absolute atomic E-state index is 11.9. The van der Waals surface area contributed by atoms with Gasteiger partial charge in [-0.1, -0.05) is 18.2 Å². The molecule has 0 saturated carbocycles. The SMILES string of the molecule is COc1ccc(N[C@@H](C)c2cc(C)cc3nc(C#N)c(-c4ccc(N5CCN(C6COC6)CC5)cc4)cc23)c(C(=O)O)n1. The Hall–Kier alpha value is -4.72. The quantitative estimate of drug-likeness (QED) is 0.299. The summed E-state index contributed by atoms with van der Waals surface area (Å²) in [5, 5.41) is 24.0. The Kier molecular flexibility index (Phi) is 7.84. The highest BCUT2D eigenvalue weighted by atomic mass is 16.5. The molecule has 2 saturated heterocycles. The normalized spacial score (nSPS) is 16.4. The number of nitrogens with one attached hydrogen (secondary N) is 1. The molecule has 2 fully saturated rings. The van der Waals surface area contributed by atoms with E-state index in [4.69, 9.17) is 14.5 Å². The number of carboxylic acids is 1. The van der Waals surface area contributed by atoms with E-state index in [1.54, 1.807) is 12.1 Å². The Balaban J connectivity index is 1.30. The highest BCUT2D eigenvalue weighted by Crippen LogP contribution is 2.34. The number of aromatic nitrogens is 2. The van der Waals surface area contributed by atoms with E-state index in [9.17, 15) is 15.2 Å². The molecule has 0 unspecified atom stereocenters. The summed E-state index contributed by atoms with van der Waals surface area (Å²) in [5.41, 5.74) is 6.10. The second-order valence-electron chi connectivity index (χ2n) is 11.1. The van der Waals surface area contributed by atoms with E-state index in [1.807, 2.05) is 26.0 Å². The van der Waals surface area contributed by atoms with E-state index in [0.29, 0.717) is 22.9 Å². The molecule has 2 N–H and O–H groups in total. The first kappa shape index (κ1) is 28.4. The van der Waals surface area contributed by atoms with Crippen molar-refractivity contribution in [3.05, 3.63) is 77.1 Å². The van der Waals surface area contributed by atoms with Gasteiger partial charge < -0.3 is 24.8 Å². The number of pyridine rings is 2. The van der Waals surface area contributed by atoms with Crippen molar-refractivity contribution < 1.29 is 19.4 Å². The minimum absolute atomic E-state index is 0.118. The maximum atomic E-state index is 11.9. The largest absolute Gasteiger partial charge is 0.481 e. The van der Waals surface area contributed by atoms with Crippen LogP contribution < -0.4 is 15.0 Å². The van der Waals surface area contributed by atoms with Crippen molar-refractivity contribution in [3.8, 4) is 23.1 Å². The molecule has 220 valence electrons. The summed E-state index contributed by atoms with van der Waals surface area (Å²) in [4.78, 5) is 25.7. The first-order valence-corrected chi connectivity index (χ1v) is 14.4. The lowest BCUT2D eigenvalue weighted by atomic mass is 9.95. The fraction of sp³-hybridized carbons (Fsp3) is 0.333. The number of nitriles is 1. The van der Waals surface area contributed by atoms with Gasteiger partial charge in [0.1, 0.15) is 11.8 Å². The van der Waals surface area contributed by atoms with Gasteiger partial charge in [-0.25, -0.2) is 14.8 Å². The van der Waals surface area contributed by atoms with Gasteiger partial charge in [0.2, 0.25) is 5.88 Å². The number of aryl methyl sites for hydroxylation is 1. The van der Waals surface area contributed by atoms with Gasteiger partial charge in [-0.3, -0.25) is 4.90 Å². The standard InChI is InChI=1S/C33H34N6O4/c1-20-14-25(21(2)35-28-8-9-31(42-3)37-32(28)33(40)41)27-16-26(30(17-34)36-29(27)15-20)22-4-6-23(7-5-22)38-10-12-39(13-11-38)24-18-43-19-24/h4-9,14-16,21,24,35H,10-13,18-19H2,1-3H3,(H,40,41)/t21-/m0/s1. The summed E-state index contributed by atoms with van der Waals surface area (Å²) in [5.74, 6) is -0.921. The lowest BCUT2D eigenvalue weighted by Crippen LogP contribution is -2.56. The van der Waals surface area contributed by atoms with Gasteiger partial charge in [0.05, 0.1) is 37.6 Å². The first-order valence-electron chi connectivity index (χ1n) is 14.4. The number of hydrogen-bond donors (Lipinski definition) is 2. The number of aromatic carboxylic acids is 1. The van der Waals surface area contributed by atoms with Crippen molar-refractivity contribution in [2.75, 3.05) is 56.7 Å². The van der Waals surface area contributed by atoms with Crippen molar-refractivity contribution in [2.24, 2.45) is 0 Å². The molecule has 43 heavy (non-hydrogen) atoms. The molecular formula is C33H34N6O4. The second kappa shape index (κ2) is 11.9. The summed E-state index contributed by atoms with van der Waals surface area (Å²) < 4.78 is 10.5. The molecule has 0 aliphatic carbocycles. The van der Waals surface area contributed by atoms with E-state index in [-0.39, 0.29) is 17.6 Å². The van der Waals surface area contributed by atoms with Crippen LogP contribution in [0.25, 0.3) is 22.0 Å². The summed E-state index contributed by atoms with van der Waals surface area (Å²) in [6.45, 7) is 9.62. The third-order valence-electron chi connectivity index (χ3n) is 8.33. The average molecular weight is 579 g/mol. The number of nitrogens with zero attached hydrogens (tertiary/aromatic N) is 5. The summed E-state index contributed by atoms with van der Waals surface area (Å²) in [6.07, 6.45) is 0. The molecule has 10 nitrogen and oxygen atoms in total. The van der Waals surface area contributed by atoms with Crippen LogP contribution in [0.2, 0.25) is 0 Å². The molecule has 2 aromatic heterocycles. The van der Waals surface area contributed by atoms with Crippen molar-refractivity contribution >= 4 is 28.2 Å². The maximum Gasteiger partial charge on any atom is 0.356 e. The van der Waals surface area contributed by atoms with Crippen LogP contribution in [0.3, 0.4) is 0 Å². The minimum atomic E-state index is -1.15. The Morgan fingerprint density at radius 1 is 1.09 bits per heavy atom. The molecule has 0 bridgehead atoms. The van der Waals surface area contributed by atoms with E-state index in [1.165, 1.54) is 7.11 Å². The summed E-state index contributed by atoms with van der Waals surface area (Å²) in [7, 11) is 1.45. The first-order chi connectivity index (χ1) is 20.8. The Labute approximate surface area is 250 Å². The van der Waals surface area contributed by atoms with Gasteiger partial charge in [0, 0.05) is 54.9 Å². The van der Waals surface area contributed by atoms with E-state index < -0.39 is 5.97 Å². The van der Waals surface area contributed by atoms with Crippen LogP contribution in [-0.2, 0) is 4.74 Å². The number of methoxy groups -OCH3 is 1.